The van der Waals surface area contributed by atoms with E-state index in [-0.39, 0.29) is 11.5 Å². The van der Waals surface area contributed by atoms with Gasteiger partial charge in [0.2, 0.25) is 0 Å². The summed E-state index contributed by atoms with van der Waals surface area (Å²) >= 11 is 0. The van der Waals surface area contributed by atoms with Crippen molar-refractivity contribution in [3.8, 4) is 0 Å². The van der Waals surface area contributed by atoms with Crippen molar-refractivity contribution in [2.24, 2.45) is 17.1 Å². The van der Waals surface area contributed by atoms with E-state index in [1.54, 1.807) is 0 Å². The van der Waals surface area contributed by atoms with Gasteiger partial charge in [-0.2, -0.15) is 0 Å². The summed E-state index contributed by atoms with van der Waals surface area (Å²) in [7, 11) is 0. The maximum absolute atomic E-state index is 10.3. The van der Waals surface area contributed by atoms with Crippen LogP contribution in [0.15, 0.2) is 0 Å². The first kappa shape index (κ1) is 14.0. The summed E-state index contributed by atoms with van der Waals surface area (Å²) in [5, 5.41) is 10.3. The van der Waals surface area contributed by atoms with Gasteiger partial charge in [0.15, 0.2) is 0 Å². The zero-order valence-corrected chi connectivity index (χ0v) is 11.0. The Morgan fingerprint density at radius 2 is 2.12 bits per heavy atom. The number of unbranched alkanes of at least 4 members (excludes halogenated alkanes) is 3. The highest BCUT2D eigenvalue weighted by Gasteiger charge is 2.41. The van der Waals surface area contributed by atoms with E-state index >= 15 is 0 Å². The zero-order chi connectivity index (χ0) is 12.0. The molecular formula is C14H29NO. The minimum Gasteiger partial charge on any atom is -0.393 e. The van der Waals surface area contributed by atoms with Crippen molar-refractivity contribution in [1.29, 1.82) is 0 Å². The van der Waals surface area contributed by atoms with Crippen molar-refractivity contribution >= 4 is 0 Å². The SMILES string of the molecule is CCCCCCC(O)C1(CN)CCC(C)C1. The molecule has 96 valence electrons. The van der Waals surface area contributed by atoms with Crippen molar-refractivity contribution in [2.75, 3.05) is 6.54 Å². The van der Waals surface area contributed by atoms with E-state index in [0.717, 1.165) is 31.6 Å². The molecule has 0 aromatic rings. The molecule has 1 aliphatic carbocycles. The molecule has 16 heavy (non-hydrogen) atoms. The van der Waals surface area contributed by atoms with E-state index < -0.39 is 0 Å². The lowest BCUT2D eigenvalue weighted by atomic mass is 9.77. The number of nitrogens with two attached hydrogens (primary N) is 1. The van der Waals surface area contributed by atoms with Crippen LogP contribution in [-0.2, 0) is 0 Å². The molecule has 2 heteroatoms. The van der Waals surface area contributed by atoms with E-state index in [9.17, 15) is 5.11 Å². The van der Waals surface area contributed by atoms with Crippen LogP contribution in [-0.4, -0.2) is 17.8 Å². The maximum atomic E-state index is 10.3. The zero-order valence-electron chi connectivity index (χ0n) is 11.0. The highest BCUT2D eigenvalue weighted by Crippen LogP contribution is 2.44. The summed E-state index contributed by atoms with van der Waals surface area (Å²) in [6, 6.07) is 0. The molecule has 0 amide bonds. The quantitative estimate of drug-likeness (QED) is 0.657. The highest BCUT2D eigenvalue weighted by molar-refractivity contribution is 4.93. The topological polar surface area (TPSA) is 46.2 Å². The molecule has 0 aromatic carbocycles. The van der Waals surface area contributed by atoms with Gasteiger partial charge in [-0.25, -0.2) is 0 Å². The van der Waals surface area contributed by atoms with Crippen LogP contribution in [0.3, 0.4) is 0 Å². The van der Waals surface area contributed by atoms with E-state index in [1.165, 1.54) is 25.7 Å². The van der Waals surface area contributed by atoms with E-state index in [1.807, 2.05) is 0 Å². The number of aliphatic hydroxyl groups is 1. The molecule has 1 saturated carbocycles. The molecule has 0 radical (unpaired) electrons. The van der Waals surface area contributed by atoms with Crippen molar-refractivity contribution in [3.63, 3.8) is 0 Å². The molecule has 1 fully saturated rings. The van der Waals surface area contributed by atoms with Crippen LogP contribution in [0.2, 0.25) is 0 Å². The van der Waals surface area contributed by atoms with Gasteiger partial charge in [0.05, 0.1) is 6.10 Å². The second-order valence-electron chi connectivity index (χ2n) is 5.78. The maximum Gasteiger partial charge on any atom is 0.0608 e. The largest absolute Gasteiger partial charge is 0.393 e. The Bertz CT molecular complexity index is 195. The Morgan fingerprint density at radius 3 is 2.62 bits per heavy atom. The van der Waals surface area contributed by atoms with Crippen LogP contribution in [0.4, 0.5) is 0 Å². The predicted molar refractivity (Wildman–Crippen MR) is 69.3 cm³/mol. The van der Waals surface area contributed by atoms with Gasteiger partial charge in [-0.15, -0.1) is 0 Å². The van der Waals surface area contributed by atoms with Gasteiger partial charge in [-0.1, -0.05) is 46.0 Å². The van der Waals surface area contributed by atoms with Crippen LogP contribution < -0.4 is 5.73 Å². The predicted octanol–water partition coefficient (Wildman–Crippen LogP) is 3.08. The Hall–Kier alpha value is -0.0800. The normalized spacial score (nSPS) is 31.9. The summed E-state index contributed by atoms with van der Waals surface area (Å²) in [6.45, 7) is 5.16. The monoisotopic (exact) mass is 227 g/mol. The molecule has 0 bridgehead atoms. The average Bonchev–Trinajstić information content (AvgIpc) is 2.67. The number of rotatable bonds is 7. The minimum atomic E-state index is -0.167. The molecule has 3 N–H and O–H groups in total. The Kier molecular flexibility index (Phi) is 5.77. The average molecular weight is 227 g/mol. The molecule has 1 aliphatic rings. The van der Waals surface area contributed by atoms with E-state index in [2.05, 4.69) is 13.8 Å². The van der Waals surface area contributed by atoms with Gasteiger partial charge < -0.3 is 10.8 Å². The summed E-state index contributed by atoms with van der Waals surface area (Å²) < 4.78 is 0. The molecule has 1 rings (SSSR count). The molecule has 3 unspecified atom stereocenters. The van der Waals surface area contributed by atoms with Crippen LogP contribution in [0.1, 0.15) is 65.2 Å². The first-order valence-corrected chi connectivity index (χ1v) is 7.02. The highest BCUT2D eigenvalue weighted by atomic mass is 16.3. The molecule has 0 saturated heterocycles. The standard InChI is InChI=1S/C14H29NO/c1-3-4-5-6-7-13(16)14(11-15)9-8-12(2)10-14/h12-13,16H,3-11,15H2,1-2H3. The van der Waals surface area contributed by atoms with E-state index in [4.69, 9.17) is 5.73 Å². The smallest absolute Gasteiger partial charge is 0.0608 e. The lowest BCUT2D eigenvalue weighted by Crippen LogP contribution is -2.39. The van der Waals surface area contributed by atoms with Gasteiger partial charge in [0.25, 0.3) is 0 Å². The fourth-order valence-electron chi connectivity index (χ4n) is 3.13. The van der Waals surface area contributed by atoms with Crippen LogP contribution in [0.5, 0.6) is 0 Å². The molecule has 0 heterocycles. The number of hydrogen-bond acceptors (Lipinski definition) is 2. The van der Waals surface area contributed by atoms with Crippen LogP contribution >= 0.6 is 0 Å². The molecule has 0 aromatic heterocycles. The van der Waals surface area contributed by atoms with Crippen LogP contribution in [0.25, 0.3) is 0 Å². The van der Waals surface area contributed by atoms with Gasteiger partial charge >= 0.3 is 0 Å². The van der Waals surface area contributed by atoms with Gasteiger partial charge in [-0.3, -0.25) is 0 Å². The Balaban J connectivity index is 2.35. The second-order valence-corrected chi connectivity index (χ2v) is 5.78. The van der Waals surface area contributed by atoms with Gasteiger partial charge in [0, 0.05) is 12.0 Å². The third kappa shape index (κ3) is 3.46. The molecule has 0 spiro atoms. The fourth-order valence-corrected chi connectivity index (χ4v) is 3.13. The van der Waals surface area contributed by atoms with Crippen molar-refractivity contribution in [3.05, 3.63) is 0 Å². The van der Waals surface area contributed by atoms with Crippen molar-refractivity contribution in [2.45, 2.75) is 71.3 Å². The lowest BCUT2D eigenvalue weighted by molar-refractivity contribution is 0.0237. The van der Waals surface area contributed by atoms with Crippen molar-refractivity contribution < 1.29 is 5.11 Å². The summed E-state index contributed by atoms with van der Waals surface area (Å²) in [5.74, 6) is 0.744. The fraction of sp³-hybridized carbons (Fsp3) is 1.00. The molecular weight excluding hydrogens is 198 g/mol. The van der Waals surface area contributed by atoms with Gasteiger partial charge in [0.1, 0.15) is 0 Å². The molecule has 2 nitrogen and oxygen atoms in total. The molecule has 0 aliphatic heterocycles. The number of hydrogen-bond donors (Lipinski definition) is 2. The Morgan fingerprint density at radius 1 is 1.38 bits per heavy atom. The summed E-state index contributed by atoms with van der Waals surface area (Å²) in [6.07, 6.45) is 9.23. The second kappa shape index (κ2) is 6.61. The first-order valence-electron chi connectivity index (χ1n) is 7.02. The van der Waals surface area contributed by atoms with Crippen LogP contribution in [0, 0.1) is 11.3 Å². The Labute approximate surface area is 101 Å². The van der Waals surface area contributed by atoms with Gasteiger partial charge in [-0.05, 0) is 25.2 Å². The third-order valence-electron chi connectivity index (χ3n) is 4.33. The molecule has 3 atom stereocenters. The summed E-state index contributed by atoms with van der Waals surface area (Å²) in [5.41, 5.74) is 5.95. The summed E-state index contributed by atoms with van der Waals surface area (Å²) in [4.78, 5) is 0. The third-order valence-corrected chi connectivity index (χ3v) is 4.33. The minimum absolute atomic E-state index is 0.0473. The van der Waals surface area contributed by atoms with E-state index in [0.29, 0.717) is 6.54 Å². The lowest BCUT2D eigenvalue weighted by Gasteiger charge is -2.33. The number of aliphatic hydroxyl groups excluding tert-OH is 1. The first-order chi connectivity index (χ1) is 7.64. The van der Waals surface area contributed by atoms with Crippen molar-refractivity contribution in [1.82, 2.24) is 0 Å².